The van der Waals surface area contributed by atoms with Gasteiger partial charge in [-0.2, -0.15) is 0 Å². The van der Waals surface area contributed by atoms with Crippen LogP contribution in [0, 0.1) is 0 Å². The lowest BCUT2D eigenvalue weighted by Gasteiger charge is -2.12. The van der Waals surface area contributed by atoms with Gasteiger partial charge in [-0.1, -0.05) is 170 Å². The van der Waals surface area contributed by atoms with Crippen LogP contribution in [0.5, 0.6) is 0 Å². The molecule has 2 heterocycles. The molecule has 3 nitrogen and oxygen atoms in total. The minimum absolute atomic E-state index is 0.637. The Labute approximate surface area is 320 Å². The zero-order valence-corrected chi connectivity index (χ0v) is 30.0. The molecule has 0 radical (unpaired) electrons. The Morgan fingerprint density at radius 2 is 0.582 bits per heavy atom. The van der Waals surface area contributed by atoms with Crippen LogP contribution in [-0.4, -0.2) is 14.5 Å². The van der Waals surface area contributed by atoms with E-state index in [0.717, 1.165) is 55.4 Å². The standard InChI is InChI=1S/C52H35N3/c1-5-15-36(16-6-1)40-23-13-25-42(31-40)44-27-29-50-46(33-44)47-34-45(43-26-14-24-41(32-43)37-17-7-2-8-18-37)28-30-51(47)55(50)52-53-48(38-19-9-3-10-20-38)35-49(54-52)39-21-11-4-12-22-39/h1-35H. The molecule has 0 atom stereocenters. The van der Waals surface area contributed by atoms with Crippen molar-refractivity contribution in [3.8, 4) is 73.0 Å². The summed E-state index contributed by atoms with van der Waals surface area (Å²) in [6.45, 7) is 0. The summed E-state index contributed by atoms with van der Waals surface area (Å²) in [6, 6.07) is 75.2. The van der Waals surface area contributed by atoms with Crippen molar-refractivity contribution in [3.05, 3.63) is 212 Å². The van der Waals surface area contributed by atoms with Crippen molar-refractivity contribution in [2.45, 2.75) is 0 Å². The Hall–Kier alpha value is -7.36. The largest absolute Gasteiger partial charge is 0.278 e. The van der Waals surface area contributed by atoms with Gasteiger partial charge in [-0.05, 0) is 87.0 Å². The van der Waals surface area contributed by atoms with Gasteiger partial charge in [-0.15, -0.1) is 0 Å². The third kappa shape index (κ3) is 6.18. The number of hydrogen-bond donors (Lipinski definition) is 0. The Balaban J connectivity index is 1.20. The van der Waals surface area contributed by atoms with Crippen LogP contribution in [0.4, 0.5) is 0 Å². The topological polar surface area (TPSA) is 30.7 Å². The van der Waals surface area contributed by atoms with E-state index in [0.29, 0.717) is 5.95 Å². The summed E-state index contributed by atoms with van der Waals surface area (Å²) < 4.78 is 2.23. The zero-order chi connectivity index (χ0) is 36.6. The molecule has 0 amide bonds. The molecule has 8 aromatic carbocycles. The minimum Gasteiger partial charge on any atom is -0.278 e. The number of benzene rings is 8. The minimum atomic E-state index is 0.637. The molecule has 0 aliphatic rings. The summed E-state index contributed by atoms with van der Waals surface area (Å²) in [7, 11) is 0. The van der Waals surface area contributed by atoms with Crippen molar-refractivity contribution in [3.63, 3.8) is 0 Å². The number of fused-ring (bicyclic) bond motifs is 3. The fourth-order valence-corrected chi connectivity index (χ4v) is 7.66. The van der Waals surface area contributed by atoms with Crippen molar-refractivity contribution in [2.24, 2.45) is 0 Å². The molecule has 0 bridgehead atoms. The van der Waals surface area contributed by atoms with Crippen molar-refractivity contribution in [1.82, 2.24) is 14.5 Å². The summed E-state index contributed by atoms with van der Waals surface area (Å²) >= 11 is 0. The summed E-state index contributed by atoms with van der Waals surface area (Å²) in [5.41, 5.74) is 15.4. The van der Waals surface area contributed by atoms with Crippen LogP contribution in [0.1, 0.15) is 0 Å². The van der Waals surface area contributed by atoms with Crippen molar-refractivity contribution in [1.29, 1.82) is 0 Å². The molecule has 0 fully saturated rings. The average Bonchev–Trinajstić information content (AvgIpc) is 3.60. The highest BCUT2D eigenvalue weighted by Crippen LogP contribution is 2.39. The van der Waals surface area contributed by atoms with Gasteiger partial charge in [0, 0.05) is 21.9 Å². The summed E-state index contributed by atoms with van der Waals surface area (Å²) in [4.78, 5) is 10.6. The molecule has 55 heavy (non-hydrogen) atoms. The third-order valence-corrected chi connectivity index (χ3v) is 10.4. The maximum atomic E-state index is 5.28. The van der Waals surface area contributed by atoms with E-state index < -0.39 is 0 Å². The van der Waals surface area contributed by atoms with Gasteiger partial charge < -0.3 is 0 Å². The first kappa shape index (κ1) is 32.3. The van der Waals surface area contributed by atoms with Crippen LogP contribution in [0.2, 0.25) is 0 Å². The van der Waals surface area contributed by atoms with Gasteiger partial charge in [0.1, 0.15) is 0 Å². The molecule has 10 rings (SSSR count). The maximum absolute atomic E-state index is 5.28. The van der Waals surface area contributed by atoms with Crippen LogP contribution in [0.15, 0.2) is 212 Å². The molecule has 0 N–H and O–H groups in total. The first-order valence-corrected chi connectivity index (χ1v) is 18.7. The smallest absolute Gasteiger partial charge is 0.235 e. The first-order chi connectivity index (χ1) is 27.2. The summed E-state index contributed by atoms with van der Waals surface area (Å²) in [6.07, 6.45) is 0. The predicted molar refractivity (Wildman–Crippen MR) is 229 cm³/mol. The lowest BCUT2D eigenvalue weighted by atomic mass is 9.96. The molecule has 0 saturated carbocycles. The van der Waals surface area contributed by atoms with Gasteiger partial charge in [0.15, 0.2) is 0 Å². The first-order valence-electron chi connectivity index (χ1n) is 18.7. The van der Waals surface area contributed by atoms with Gasteiger partial charge >= 0.3 is 0 Å². The summed E-state index contributed by atoms with van der Waals surface area (Å²) in [5, 5.41) is 2.29. The van der Waals surface area contributed by atoms with Gasteiger partial charge in [0.2, 0.25) is 5.95 Å². The zero-order valence-electron chi connectivity index (χ0n) is 30.0. The van der Waals surface area contributed by atoms with Crippen LogP contribution >= 0.6 is 0 Å². The second-order valence-electron chi connectivity index (χ2n) is 13.9. The van der Waals surface area contributed by atoms with Crippen molar-refractivity contribution >= 4 is 21.8 Å². The molecular weight excluding hydrogens is 667 g/mol. The highest BCUT2D eigenvalue weighted by Gasteiger charge is 2.19. The normalized spacial score (nSPS) is 11.3. The molecule has 0 spiro atoms. The molecule has 258 valence electrons. The fraction of sp³-hybridized carbons (Fsp3) is 0. The van der Waals surface area contributed by atoms with E-state index in [2.05, 4.69) is 205 Å². The molecule has 0 aliphatic heterocycles. The molecule has 2 aromatic heterocycles. The van der Waals surface area contributed by atoms with E-state index in [4.69, 9.17) is 9.97 Å². The van der Waals surface area contributed by atoms with Gasteiger partial charge in [0.05, 0.1) is 22.4 Å². The van der Waals surface area contributed by atoms with Gasteiger partial charge in [-0.25, -0.2) is 9.97 Å². The van der Waals surface area contributed by atoms with E-state index in [1.165, 1.54) is 33.4 Å². The van der Waals surface area contributed by atoms with Crippen molar-refractivity contribution < 1.29 is 0 Å². The molecular formula is C52H35N3. The van der Waals surface area contributed by atoms with Crippen LogP contribution in [0.25, 0.3) is 94.8 Å². The lowest BCUT2D eigenvalue weighted by molar-refractivity contribution is 0.995. The maximum Gasteiger partial charge on any atom is 0.235 e. The van der Waals surface area contributed by atoms with Gasteiger partial charge in [0.25, 0.3) is 0 Å². The second kappa shape index (κ2) is 13.9. The van der Waals surface area contributed by atoms with Crippen LogP contribution in [-0.2, 0) is 0 Å². The SMILES string of the molecule is c1ccc(-c2cccc(-c3ccc4c(c3)c3cc(-c5cccc(-c6ccccc6)c5)ccc3n4-c3nc(-c4ccccc4)cc(-c4ccccc4)n3)c2)cc1. The third-order valence-electron chi connectivity index (χ3n) is 10.4. The Bertz CT molecular complexity index is 2750. The van der Waals surface area contributed by atoms with E-state index in [1.807, 2.05) is 12.1 Å². The average molecular weight is 702 g/mol. The van der Waals surface area contributed by atoms with E-state index >= 15 is 0 Å². The fourth-order valence-electron chi connectivity index (χ4n) is 7.66. The molecule has 0 aliphatic carbocycles. The van der Waals surface area contributed by atoms with Gasteiger partial charge in [-0.3, -0.25) is 4.57 Å². The second-order valence-corrected chi connectivity index (χ2v) is 13.9. The molecule has 0 unspecified atom stereocenters. The van der Waals surface area contributed by atoms with Crippen molar-refractivity contribution in [2.75, 3.05) is 0 Å². The van der Waals surface area contributed by atoms with E-state index in [-0.39, 0.29) is 0 Å². The molecule has 3 heteroatoms. The summed E-state index contributed by atoms with van der Waals surface area (Å²) in [5.74, 6) is 0.637. The number of rotatable bonds is 7. The highest BCUT2D eigenvalue weighted by molar-refractivity contribution is 6.11. The van der Waals surface area contributed by atoms with Crippen LogP contribution in [0.3, 0.4) is 0 Å². The number of hydrogen-bond acceptors (Lipinski definition) is 2. The lowest BCUT2D eigenvalue weighted by Crippen LogP contribution is -2.04. The molecule has 0 saturated heterocycles. The monoisotopic (exact) mass is 701 g/mol. The van der Waals surface area contributed by atoms with Crippen LogP contribution < -0.4 is 0 Å². The quantitative estimate of drug-likeness (QED) is 0.166. The number of aromatic nitrogens is 3. The number of nitrogens with zero attached hydrogens (tertiary/aromatic N) is 3. The van der Waals surface area contributed by atoms with E-state index in [1.54, 1.807) is 0 Å². The van der Waals surface area contributed by atoms with E-state index in [9.17, 15) is 0 Å². The molecule has 10 aromatic rings. The Kier molecular flexibility index (Phi) is 8.16. The predicted octanol–water partition coefficient (Wildman–Crippen LogP) is 13.6. The highest BCUT2D eigenvalue weighted by atomic mass is 15.2. The Morgan fingerprint density at radius 1 is 0.255 bits per heavy atom. The Morgan fingerprint density at radius 3 is 0.982 bits per heavy atom.